The summed E-state index contributed by atoms with van der Waals surface area (Å²) in [6, 6.07) is 6.09. The molecule has 3 rings (SSSR count). The van der Waals surface area contributed by atoms with Gasteiger partial charge in [-0.25, -0.2) is 0 Å². The van der Waals surface area contributed by atoms with Crippen LogP contribution in [-0.4, -0.2) is 15.7 Å². The minimum absolute atomic E-state index is 0.483. The zero-order valence-corrected chi connectivity index (χ0v) is 13.1. The Kier molecular flexibility index (Phi) is 4.95. The Morgan fingerprint density at radius 3 is 1.95 bits per heavy atom. The van der Waals surface area contributed by atoms with E-state index >= 15 is 0 Å². The molecule has 1 aromatic rings. The molecule has 1 heterocycles. The highest BCUT2D eigenvalue weighted by molar-refractivity contribution is 5.10. The molecule has 2 saturated carbocycles. The summed E-state index contributed by atoms with van der Waals surface area (Å²) in [5.41, 5.74) is 0.547. The second-order valence-corrected chi connectivity index (χ2v) is 7.16. The van der Waals surface area contributed by atoms with E-state index in [-0.39, 0.29) is 0 Å². The summed E-state index contributed by atoms with van der Waals surface area (Å²) in [5.74, 6) is 0.965. The lowest BCUT2D eigenvalue weighted by molar-refractivity contribution is -0.0919. The van der Waals surface area contributed by atoms with Crippen molar-refractivity contribution < 1.29 is 5.11 Å². The molecule has 0 aromatic carbocycles. The van der Waals surface area contributed by atoms with Gasteiger partial charge in [-0.05, 0) is 49.7 Å². The van der Waals surface area contributed by atoms with Crippen molar-refractivity contribution in [1.82, 2.24) is 4.98 Å². The van der Waals surface area contributed by atoms with Gasteiger partial charge in [-0.15, -0.1) is 0 Å². The van der Waals surface area contributed by atoms with Gasteiger partial charge in [0, 0.05) is 18.3 Å². The third-order valence-corrected chi connectivity index (χ3v) is 5.81. The highest BCUT2D eigenvalue weighted by atomic mass is 16.3. The number of aromatic nitrogens is 1. The Hall–Kier alpha value is -0.890. The van der Waals surface area contributed by atoms with Crippen LogP contribution in [0, 0.1) is 11.8 Å². The van der Waals surface area contributed by atoms with E-state index in [0.717, 1.165) is 12.1 Å². The molecule has 0 spiro atoms. The number of hydrogen-bond acceptors (Lipinski definition) is 2. The summed E-state index contributed by atoms with van der Waals surface area (Å²) < 4.78 is 0. The molecule has 1 aromatic heterocycles. The minimum Gasteiger partial charge on any atom is -0.389 e. The summed E-state index contributed by atoms with van der Waals surface area (Å²) in [4.78, 5) is 4.49. The lowest BCUT2D eigenvalue weighted by atomic mass is 9.64. The molecular weight excluding hydrogens is 258 g/mol. The molecule has 0 atom stereocenters. The lowest BCUT2D eigenvalue weighted by Crippen LogP contribution is -2.48. The van der Waals surface area contributed by atoms with Gasteiger partial charge in [-0.1, -0.05) is 44.6 Å². The summed E-state index contributed by atoms with van der Waals surface area (Å²) in [6.07, 6.45) is 15.3. The Morgan fingerprint density at radius 2 is 1.48 bits per heavy atom. The summed E-state index contributed by atoms with van der Waals surface area (Å²) in [6.45, 7) is 0. The van der Waals surface area contributed by atoms with Crippen LogP contribution in [0.4, 0.5) is 0 Å². The molecule has 2 aliphatic rings. The predicted octanol–water partition coefficient (Wildman–Crippen LogP) is 4.52. The monoisotopic (exact) mass is 287 g/mol. The molecule has 0 bridgehead atoms. The van der Waals surface area contributed by atoms with Gasteiger partial charge >= 0.3 is 0 Å². The predicted molar refractivity (Wildman–Crippen MR) is 86.0 cm³/mol. The molecule has 0 aliphatic heterocycles. The number of rotatable bonds is 4. The summed E-state index contributed by atoms with van der Waals surface area (Å²) in [7, 11) is 0. The third-order valence-electron chi connectivity index (χ3n) is 5.81. The van der Waals surface area contributed by atoms with Gasteiger partial charge in [0.15, 0.2) is 0 Å². The van der Waals surface area contributed by atoms with E-state index in [9.17, 15) is 5.11 Å². The quantitative estimate of drug-likeness (QED) is 0.883. The molecule has 2 nitrogen and oxygen atoms in total. The zero-order valence-electron chi connectivity index (χ0n) is 13.1. The van der Waals surface area contributed by atoms with Crippen molar-refractivity contribution in [2.75, 3.05) is 0 Å². The normalized spacial score (nSPS) is 22.3. The van der Waals surface area contributed by atoms with Crippen LogP contribution in [0.25, 0.3) is 0 Å². The summed E-state index contributed by atoms with van der Waals surface area (Å²) in [5, 5.41) is 11.7. The van der Waals surface area contributed by atoms with Crippen molar-refractivity contribution >= 4 is 0 Å². The Bertz CT molecular complexity index is 400. The van der Waals surface area contributed by atoms with E-state index < -0.39 is 5.60 Å². The van der Waals surface area contributed by atoms with Crippen LogP contribution >= 0.6 is 0 Å². The molecule has 0 radical (unpaired) electrons. The lowest BCUT2D eigenvalue weighted by Gasteiger charge is -2.45. The van der Waals surface area contributed by atoms with E-state index in [0.29, 0.717) is 11.8 Å². The van der Waals surface area contributed by atoms with E-state index in [2.05, 4.69) is 11.1 Å². The van der Waals surface area contributed by atoms with Crippen molar-refractivity contribution in [3.8, 4) is 0 Å². The molecule has 0 unspecified atom stereocenters. The van der Waals surface area contributed by atoms with Crippen LogP contribution in [0.1, 0.15) is 69.9 Å². The molecule has 1 N–H and O–H groups in total. The van der Waals surface area contributed by atoms with Gasteiger partial charge in [0.25, 0.3) is 0 Å². The van der Waals surface area contributed by atoms with Crippen LogP contribution in [-0.2, 0) is 6.42 Å². The topological polar surface area (TPSA) is 33.1 Å². The minimum atomic E-state index is -0.519. The van der Waals surface area contributed by atoms with Crippen molar-refractivity contribution in [3.05, 3.63) is 30.1 Å². The fourth-order valence-electron chi connectivity index (χ4n) is 4.62. The van der Waals surface area contributed by atoms with Crippen LogP contribution in [0.5, 0.6) is 0 Å². The van der Waals surface area contributed by atoms with Gasteiger partial charge in [0.2, 0.25) is 0 Å². The van der Waals surface area contributed by atoms with Crippen molar-refractivity contribution in [2.24, 2.45) is 11.8 Å². The first-order valence-corrected chi connectivity index (χ1v) is 8.91. The smallest absolute Gasteiger partial charge is 0.0758 e. The largest absolute Gasteiger partial charge is 0.389 e. The van der Waals surface area contributed by atoms with E-state index in [1.807, 2.05) is 18.3 Å². The third kappa shape index (κ3) is 3.48. The zero-order chi connectivity index (χ0) is 14.5. The fraction of sp³-hybridized carbons (Fsp3) is 0.737. The van der Waals surface area contributed by atoms with Gasteiger partial charge < -0.3 is 5.11 Å². The van der Waals surface area contributed by atoms with Crippen molar-refractivity contribution in [1.29, 1.82) is 0 Å². The molecule has 2 fully saturated rings. The average molecular weight is 287 g/mol. The van der Waals surface area contributed by atoms with E-state index in [4.69, 9.17) is 0 Å². The second-order valence-electron chi connectivity index (χ2n) is 7.16. The number of hydrogen-bond donors (Lipinski definition) is 1. The maximum absolute atomic E-state index is 11.7. The molecule has 2 heteroatoms. The van der Waals surface area contributed by atoms with Gasteiger partial charge in [0.1, 0.15) is 0 Å². The van der Waals surface area contributed by atoms with Crippen molar-refractivity contribution in [3.63, 3.8) is 0 Å². The maximum Gasteiger partial charge on any atom is 0.0758 e. The number of aliphatic hydroxyl groups is 1. The second kappa shape index (κ2) is 6.91. The first kappa shape index (κ1) is 15.0. The van der Waals surface area contributed by atoms with Crippen LogP contribution in [0.2, 0.25) is 0 Å². The van der Waals surface area contributed by atoms with E-state index in [1.54, 1.807) is 0 Å². The Labute approximate surface area is 129 Å². The highest BCUT2D eigenvalue weighted by Crippen LogP contribution is 2.44. The van der Waals surface area contributed by atoms with Crippen LogP contribution < -0.4 is 0 Å². The molecule has 0 saturated heterocycles. The molecule has 0 amide bonds. The molecule has 116 valence electrons. The first-order valence-electron chi connectivity index (χ1n) is 8.91. The molecular formula is C19H29NO. The van der Waals surface area contributed by atoms with E-state index in [1.165, 1.54) is 64.2 Å². The first-order chi connectivity index (χ1) is 10.3. The van der Waals surface area contributed by atoms with Gasteiger partial charge in [-0.3, -0.25) is 4.98 Å². The van der Waals surface area contributed by atoms with Crippen LogP contribution in [0.3, 0.4) is 0 Å². The maximum atomic E-state index is 11.7. The van der Waals surface area contributed by atoms with Crippen molar-refractivity contribution in [2.45, 2.75) is 76.2 Å². The fourth-order valence-corrected chi connectivity index (χ4v) is 4.62. The number of pyridine rings is 1. The molecule has 21 heavy (non-hydrogen) atoms. The SMILES string of the molecule is OC(Cc1ccccn1)(C1CCCCC1)C1CCCCC1. The Morgan fingerprint density at radius 1 is 0.905 bits per heavy atom. The molecule has 2 aliphatic carbocycles. The van der Waals surface area contributed by atoms with Crippen LogP contribution in [0.15, 0.2) is 24.4 Å². The summed E-state index contributed by atoms with van der Waals surface area (Å²) >= 11 is 0. The van der Waals surface area contributed by atoms with Gasteiger partial charge in [-0.2, -0.15) is 0 Å². The van der Waals surface area contributed by atoms with Gasteiger partial charge in [0.05, 0.1) is 5.60 Å². The highest BCUT2D eigenvalue weighted by Gasteiger charge is 2.44. The number of nitrogens with zero attached hydrogens (tertiary/aromatic N) is 1. The Balaban J connectivity index is 1.81. The standard InChI is InChI=1S/C19H29NO/c21-19(16-9-3-1-4-10-16,17-11-5-2-6-12-17)15-18-13-7-8-14-20-18/h7-8,13-14,16-17,21H,1-6,9-12,15H2. The average Bonchev–Trinajstić information content (AvgIpc) is 2.57.